The summed E-state index contributed by atoms with van der Waals surface area (Å²) in [6.45, 7) is 14.8. The summed E-state index contributed by atoms with van der Waals surface area (Å²) < 4.78 is 60.3. The van der Waals surface area contributed by atoms with Crippen molar-refractivity contribution < 1.29 is 30.6 Å². The van der Waals surface area contributed by atoms with E-state index in [4.69, 9.17) is 13.0 Å². The van der Waals surface area contributed by atoms with Crippen LogP contribution in [0.5, 0.6) is 0 Å². The van der Waals surface area contributed by atoms with Gasteiger partial charge in [-0.3, -0.25) is 0 Å². The highest BCUT2D eigenvalue weighted by atomic mass is 32.2. The van der Waals surface area contributed by atoms with Gasteiger partial charge < -0.3 is 9.04 Å². The van der Waals surface area contributed by atoms with Crippen molar-refractivity contribution in [3.8, 4) is 0 Å². The molecular weight excluding hydrogens is 307 g/mol. The number of quaternary nitrogens is 1. The van der Waals surface area contributed by atoms with Crippen LogP contribution in [0, 0.1) is 0 Å². The summed E-state index contributed by atoms with van der Waals surface area (Å²) >= 11 is 0. The number of alkyl halides is 3. The van der Waals surface area contributed by atoms with Gasteiger partial charge in [0.1, 0.15) is 0 Å². The molecule has 0 amide bonds. The van der Waals surface area contributed by atoms with Gasteiger partial charge in [-0.25, -0.2) is 8.42 Å². The van der Waals surface area contributed by atoms with Crippen molar-refractivity contribution in [2.45, 2.75) is 58.9 Å². The molecule has 0 aromatic heterocycles. The van der Waals surface area contributed by atoms with Crippen LogP contribution in [0.2, 0.25) is 0 Å². The van der Waals surface area contributed by atoms with E-state index in [1.165, 1.54) is 56.3 Å². The monoisotopic (exact) mass is 335 g/mol. The predicted octanol–water partition coefficient (Wildman–Crippen LogP) is 3.49. The Bertz CT molecular complexity index is 327. The lowest BCUT2D eigenvalue weighted by Crippen LogP contribution is -2.50. The Morgan fingerprint density at radius 2 is 1.00 bits per heavy atom. The summed E-state index contributed by atoms with van der Waals surface area (Å²) in [5, 5.41) is 0. The molecule has 0 heterocycles. The molecule has 0 N–H and O–H groups in total. The molecule has 4 nitrogen and oxygen atoms in total. The SMILES string of the molecule is CCC[N+](CCC)(CCC)CCC.O=S(=O)([O-])C(F)(F)F. The van der Waals surface area contributed by atoms with Gasteiger partial charge in [0.25, 0.3) is 0 Å². The van der Waals surface area contributed by atoms with Crippen molar-refractivity contribution in [2.24, 2.45) is 0 Å². The third-order valence-corrected chi connectivity index (χ3v) is 3.64. The molecule has 0 radical (unpaired) electrons. The molecule has 0 rings (SSSR count). The molecule has 0 saturated carbocycles. The smallest absolute Gasteiger partial charge is 0.485 e. The van der Waals surface area contributed by atoms with Crippen molar-refractivity contribution in [3.63, 3.8) is 0 Å². The summed E-state index contributed by atoms with van der Waals surface area (Å²) in [5.41, 5.74) is -5.65. The number of halogens is 3. The molecule has 0 bridgehead atoms. The van der Waals surface area contributed by atoms with Crippen LogP contribution in [0.3, 0.4) is 0 Å². The van der Waals surface area contributed by atoms with Crippen LogP contribution in [0.25, 0.3) is 0 Å². The van der Waals surface area contributed by atoms with Gasteiger partial charge in [0.2, 0.25) is 0 Å². The van der Waals surface area contributed by atoms with Gasteiger partial charge in [-0.1, -0.05) is 27.7 Å². The average Bonchev–Trinajstić information content (AvgIpc) is 2.28. The number of hydrogen-bond donors (Lipinski definition) is 0. The first-order valence-corrected chi connectivity index (χ1v) is 8.77. The van der Waals surface area contributed by atoms with Crippen LogP contribution in [0.15, 0.2) is 0 Å². The van der Waals surface area contributed by atoms with Gasteiger partial charge in [-0.2, -0.15) is 13.2 Å². The summed E-state index contributed by atoms with van der Waals surface area (Å²) in [5.74, 6) is 0. The molecule has 0 saturated heterocycles. The Hall–Kier alpha value is -0.340. The van der Waals surface area contributed by atoms with Crippen molar-refractivity contribution in [1.82, 2.24) is 0 Å². The highest BCUT2D eigenvalue weighted by molar-refractivity contribution is 7.86. The van der Waals surface area contributed by atoms with E-state index in [0.717, 1.165) is 0 Å². The first kappa shape index (κ1) is 22.9. The standard InChI is InChI=1S/C12H28N.CHF3O3S/c1-5-9-13(10-6-2,11-7-3)12-8-4;2-1(3,4)8(5,6)7/h5-12H2,1-4H3;(H,5,6,7)/q+1;/p-1. The molecule has 0 aliphatic rings. The molecule has 0 aliphatic heterocycles. The highest BCUT2D eigenvalue weighted by Crippen LogP contribution is 2.20. The van der Waals surface area contributed by atoms with E-state index in [1.54, 1.807) is 0 Å². The molecule has 130 valence electrons. The quantitative estimate of drug-likeness (QED) is 0.387. The number of rotatable bonds is 8. The fourth-order valence-electron chi connectivity index (χ4n) is 2.57. The van der Waals surface area contributed by atoms with Gasteiger partial charge in [0.15, 0.2) is 10.1 Å². The predicted molar refractivity (Wildman–Crippen MR) is 76.6 cm³/mol. The largest absolute Gasteiger partial charge is 0.741 e. The van der Waals surface area contributed by atoms with Crippen LogP contribution in [0.4, 0.5) is 13.2 Å². The Morgan fingerprint density at radius 3 is 1.10 bits per heavy atom. The Morgan fingerprint density at radius 1 is 0.810 bits per heavy atom. The van der Waals surface area contributed by atoms with Gasteiger partial charge in [0.05, 0.1) is 26.2 Å². The molecule has 0 aromatic carbocycles. The first-order valence-electron chi connectivity index (χ1n) is 7.36. The third-order valence-electron chi connectivity index (χ3n) is 3.08. The molecule has 0 aliphatic carbocycles. The van der Waals surface area contributed by atoms with E-state index in [1.807, 2.05) is 0 Å². The molecule has 0 atom stereocenters. The van der Waals surface area contributed by atoms with Crippen molar-refractivity contribution in [3.05, 3.63) is 0 Å². The number of nitrogens with zero attached hydrogens (tertiary/aromatic N) is 1. The summed E-state index contributed by atoms with van der Waals surface area (Å²) in [7, 11) is -6.09. The maximum absolute atomic E-state index is 10.7. The second kappa shape index (κ2) is 10.4. The van der Waals surface area contributed by atoms with E-state index in [9.17, 15) is 13.2 Å². The Labute approximate surface area is 126 Å². The first-order chi connectivity index (χ1) is 9.49. The maximum Gasteiger partial charge on any atom is 0.485 e. The van der Waals surface area contributed by atoms with Crippen LogP contribution < -0.4 is 0 Å². The zero-order chi connectivity index (χ0) is 17.2. The minimum Gasteiger partial charge on any atom is -0.741 e. The van der Waals surface area contributed by atoms with Crippen LogP contribution in [-0.4, -0.2) is 49.1 Å². The van der Waals surface area contributed by atoms with Gasteiger partial charge in [0, 0.05) is 0 Å². The van der Waals surface area contributed by atoms with E-state index in [0.29, 0.717) is 0 Å². The van der Waals surface area contributed by atoms with E-state index in [2.05, 4.69) is 27.7 Å². The normalized spacial score (nSPS) is 12.8. The van der Waals surface area contributed by atoms with Crippen molar-refractivity contribution >= 4 is 10.1 Å². The molecule has 0 spiro atoms. The molecule has 0 fully saturated rings. The average molecular weight is 335 g/mol. The minimum absolute atomic E-state index is 1.33. The molecule has 0 aromatic rings. The van der Waals surface area contributed by atoms with Crippen LogP contribution in [-0.2, 0) is 10.1 Å². The van der Waals surface area contributed by atoms with E-state index < -0.39 is 15.6 Å². The number of hydrogen-bond acceptors (Lipinski definition) is 3. The molecule has 8 heteroatoms. The second-order valence-corrected chi connectivity index (χ2v) is 6.51. The topological polar surface area (TPSA) is 57.2 Å². The Kier molecular flexibility index (Phi) is 11.4. The summed E-state index contributed by atoms with van der Waals surface area (Å²) in [6, 6.07) is 0. The van der Waals surface area contributed by atoms with Crippen molar-refractivity contribution in [1.29, 1.82) is 0 Å². The fourth-order valence-corrected chi connectivity index (χ4v) is 2.57. The van der Waals surface area contributed by atoms with Gasteiger partial charge in [-0.15, -0.1) is 0 Å². The zero-order valence-corrected chi connectivity index (χ0v) is 14.2. The zero-order valence-electron chi connectivity index (χ0n) is 13.4. The molecule has 21 heavy (non-hydrogen) atoms. The maximum atomic E-state index is 10.7. The summed E-state index contributed by atoms with van der Waals surface area (Å²) in [6.07, 6.45) is 5.33. The minimum atomic E-state index is -6.09. The van der Waals surface area contributed by atoms with Gasteiger partial charge >= 0.3 is 5.51 Å². The third kappa shape index (κ3) is 10.1. The lowest BCUT2D eigenvalue weighted by atomic mass is 10.2. The van der Waals surface area contributed by atoms with E-state index in [-0.39, 0.29) is 0 Å². The lowest BCUT2D eigenvalue weighted by molar-refractivity contribution is -0.928. The summed E-state index contributed by atoms with van der Waals surface area (Å²) in [4.78, 5) is 0. The van der Waals surface area contributed by atoms with E-state index >= 15 is 0 Å². The lowest BCUT2D eigenvalue weighted by Gasteiger charge is -2.38. The van der Waals surface area contributed by atoms with Crippen molar-refractivity contribution in [2.75, 3.05) is 26.2 Å². The van der Waals surface area contributed by atoms with Crippen LogP contribution >= 0.6 is 0 Å². The highest BCUT2D eigenvalue weighted by Gasteiger charge is 2.36. The van der Waals surface area contributed by atoms with Gasteiger partial charge in [-0.05, 0) is 25.7 Å². The molecule has 0 unspecified atom stereocenters. The fraction of sp³-hybridized carbons (Fsp3) is 1.00. The Balaban J connectivity index is 0. The molecular formula is C13H28F3NO3S. The second-order valence-electron chi connectivity index (χ2n) is 5.14. The van der Waals surface area contributed by atoms with Crippen LogP contribution in [0.1, 0.15) is 53.4 Å².